The van der Waals surface area contributed by atoms with Crippen molar-refractivity contribution in [2.75, 3.05) is 0 Å². The molecule has 0 aliphatic carbocycles. The molecule has 0 saturated heterocycles. The fourth-order valence-corrected chi connectivity index (χ4v) is 0. The van der Waals surface area contributed by atoms with E-state index in [0.29, 0.717) is 0 Å². The Morgan fingerprint density at radius 1 is 1.17 bits per heavy atom. The first-order chi connectivity index (χ1) is 2.73. The van der Waals surface area contributed by atoms with Crippen LogP contribution in [0.1, 0.15) is 20.8 Å². The van der Waals surface area contributed by atoms with E-state index in [9.17, 15) is 0 Å². The Labute approximate surface area is 51.2 Å². The summed E-state index contributed by atoms with van der Waals surface area (Å²) in [5, 5.41) is 0. The zero-order valence-electron chi connectivity index (χ0n) is 4.47. The smallest absolute Gasteiger partial charge is 0.0414 e. The molecule has 0 radical (unpaired) electrons. The van der Waals surface area contributed by atoms with Crippen molar-refractivity contribution in [3.8, 4) is 0 Å². The minimum Gasteiger partial charge on any atom is -0.166 e. The molecule has 0 aliphatic heterocycles. The molecule has 0 bridgehead atoms. The molecule has 0 aromatic heterocycles. The third-order valence-corrected chi connectivity index (χ3v) is 0. The van der Waals surface area contributed by atoms with Crippen LogP contribution in [0.5, 0.6) is 0 Å². The maximum atomic E-state index is 3.83. The van der Waals surface area contributed by atoms with Crippen LogP contribution in [0.3, 0.4) is 0 Å². The van der Waals surface area contributed by atoms with Crippen molar-refractivity contribution in [2.45, 2.75) is 25.4 Å². The Bertz CT molecular complexity index is 10.3. The van der Waals surface area contributed by atoms with Crippen molar-refractivity contribution in [1.82, 2.24) is 0 Å². The van der Waals surface area contributed by atoms with Gasteiger partial charge in [-0.15, -0.1) is 0 Å². The Morgan fingerprint density at radius 3 is 1.17 bits per heavy atom. The van der Waals surface area contributed by atoms with Crippen LogP contribution in [0.25, 0.3) is 0 Å². The van der Waals surface area contributed by atoms with Crippen LogP contribution >= 0.6 is 25.3 Å². The lowest BCUT2D eigenvalue weighted by Crippen LogP contribution is -1.64. The fraction of sp³-hybridized carbons (Fsp3) is 1.00. The number of hydrogen-bond acceptors (Lipinski definition) is 2. The lowest BCUT2D eigenvalue weighted by molar-refractivity contribution is 1.45. The maximum absolute atomic E-state index is 3.83. The normalized spacial score (nSPS) is 7.00. The molecule has 0 unspecified atom stereocenters. The van der Waals surface area contributed by atoms with Gasteiger partial charge < -0.3 is 0 Å². The molecule has 0 heterocycles. The highest BCUT2D eigenvalue weighted by molar-refractivity contribution is 7.99. The van der Waals surface area contributed by atoms with E-state index in [2.05, 4.69) is 25.3 Å². The minimum absolute atomic E-state index is 0.222. The number of rotatable bonds is 0. The van der Waals surface area contributed by atoms with E-state index in [-0.39, 0.29) is 4.58 Å². The minimum atomic E-state index is 0.222. The first-order valence-corrected chi connectivity index (χ1v) is 3.13. The molecule has 0 amide bonds. The first kappa shape index (κ1) is 9.85. The van der Waals surface area contributed by atoms with Crippen molar-refractivity contribution in [3.05, 3.63) is 0 Å². The van der Waals surface area contributed by atoms with Crippen molar-refractivity contribution in [1.29, 1.82) is 0 Å². The molecular formula is C4H12S2. The van der Waals surface area contributed by atoms with E-state index in [0.717, 1.165) is 0 Å². The van der Waals surface area contributed by atoms with E-state index in [1.807, 2.05) is 20.8 Å². The number of hydrogen-bond donors (Lipinski definition) is 2. The molecule has 0 nitrogen and oxygen atoms in total. The summed E-state index contributed by atoms with van der Waals surface area (Å²) in [7, 11) is 0. The van der Waals surface area contributed by atoms with Crippen LogP contribution in [0.2, 0.25) is 0 Å². The number of thiol groups is 2. The van der Waals surface area contributed by atoms with Crippen LogP contribution in [-0.2, 0) is 0 Å². The van der Waals surface area contributed by atoms with Crippen LogP contribution in [0.4, 0.5) is 0 Å². The van der Waals surface area contributed by atoms with Gasteiger partial charge in [-0.25, -0.2) is 0 Å². The van der Waals surface area contributed by atoms with Crippen LogP contribution in [0.15, 0.2) is 0 Å². The fourth-order valence-electron chi connectivity index (χ4n) is 0. The summed E-state index contributed by atoms with van der Waals surface area (Å²) in [4.78, 5) is 0. The van der Waals surface area contributed by atoms with Gasteiger partial charge in [-0.3, -0.25) is 0 Å². The molecule has 0 saturated carbocycles. The van der Waals surface area contributed by atoms with Crippen LogP contribution in [-0.4, -0.2) is 4.58 Å². The Morgan fingerprint density at radius 2 is 1.17 bits per heavy atom. The second-order valence-corrected chi connectivity index (χ2v) is 2.59. The summed E-state index contributed by atoms with van der Waals surface area (Å²) in [6, 6.07) is 0. The van der Waals surface area contributed by atoms with Gasteiger partial charge in [0.2, 0.25) is 0 Å². The highest BCUT2D eigenvalue weighted by Gasteiger charge is 1.69. The predicted molar refractivity (Wildman–Crippen MR) is 38.8 cm³/mol. The van der Waals surface area contributed by atoms with Gasteiger partial charge in [0, 0.05) is 4.58 Å². The molecule has 2 heteroatoms. The van der Waals surface area contributed by atoms with E-state index >= 15 is 0 Å². The second-order valence-electron chi connectivity index (χ2n) is 0.632. The van der Waals surface area contributed by atoms with Crippen molar-refractivity contribution in [2.24, 2.45) is 0 Å². The molecular weight excluding hydrogens is 112 g/mol. The summed E-state index contributed by atoms with van der Waals surface area (Å²) in [6.07, 6.45) is 0. The lowest BCUT2D eigenvalue weighted by Gasteiger charge is -1.78. The van der Waals surface area contributed by atoms with Crippen molar-refractivity contribution in [3.63, 3.8) is 0 Å². The van der Waals surface area contributed by atoms with Gasteiger partial charge in [0.25, 0.3) is 0 Å². The molecule has 0 aliphatic rings. The van der Waals surface area contributed by atoms with E-state index in [1.165, 1.54) is 0 Å². The average Bonchev–Trinajstić information content (AvgIpc) is 1.41. The Balaban J connectivity index is 0. The molecule has 0 rings (SSSR count). The Hall–Kier alpha value is 0.700. The first-order valence-electron chi connectivity index (χ1n) is 2.09. The highest BCUT2D eigenvalue weighted by atomic mass is 32.2. The van der Waals surface area contributed by atoms with Gasteiger partial charge in [0.15, 0.2) is 0 Å². The van der Waals surface area contributed by atoms with Gasteiger partial charge in [0.05, 0.1) is 0 Å². The molecule has 0 spiro atoms. The molecule has 0 aromatic rings. The monoisotopic (exact) mass is 124 g/mol. The van der Waals surface area contributed by atoms with E-state index in [4.69, 9.17) is 0 Å². The SMILES string of the molecule is CC.CC(S)S. The third kappa shape index (κ3) is 131. The Kier molecular flexibility index (Phi) is 15.1. The summed E-state index contributed by atoms with van der Waals surface area (Å²) >= 11 is 7.66. The van der Waals surface area contributed by atoms with Gasteiger partial charge in [-0.2, -0.15) is 25.3 Å². The molecule has 6 heavy (non-hydrogen) atoms. The predicted octanol–water partition coefficient (Wildman–Crippen LogP) is 2.22. The highest BCUT2D eigenvalue weighted by Crippen LogP contribution is 1.93. The molecule has 0 aromatic carbocycles. The van der Waals surface area contributed by atoms with Crippen molar-refractivity contribution < 1.29 is 0 Å². The lowest BCUT2D eigenvalue weighted by atomic mass is 11.0. The molecule has 40 valence electrons. The zero-order valence-corrected chi connectivity index (χ0v) is 6.26. The summed E-state index contributed by atoms with van der Waals surface area (Å²) < 4.78 is 0.222. The maximum Gasteiger partial charge on any atom is 0.0414 e. The third-order valence-electron chi connectivity index (χ3n) is 0. The summed E-state index contributed by atoms with van der Waals surface area (Å²) in [5.41, 5.74) is 0. The van der Waals surface area contributed by atoms with Gasteiger partial charge in [-0.1, -0.05) is 13.8 Å². The van der Waals surface area contributed by atoms with E-state index in [1.54, 1.807) is 0 Å². The quantitative estimate of drug-likeness (QED) is 0.359. The molecule has 0 fully saturated rings. The van der Waals surface area contributed by atoms with Crippen LogP contribution < -0.4 is 0 Å². The van der Waals surface area contributed by atoms with E-state index < -0.39 is 0 Å². The van der Waals surface area contributed by atoms with Crippen LogP contribution in [0, 0.1) is 0 Å². The van der Waals surface area contributed by atoms with Crippen molar-refractivity contribution >= 4 is 25.3 Å². The zero-order chi connectivity index (χ0) is 5.58. The largest absolute Gasteiger partial charge is 0.166 e. The van der Waals surface area contributed by atoms with Gasteiger partial charge in [0.1, 0.15) is 0 Å². The topological polar surface area (TPSA) is 0 Å². The summed E-state index contributed by atoms with van der Waals surface area (Å²) in [6.45, 7) is 5.90. The summed E-state index contributed by atoms with van der Waals surface area (Å²) in [5.74, 6) is 0. The molecule has 0 N–H and O–H groups in total. The van der Waals surface area contributed by atoms with Gasteiger partial charge in [-0.05, 0) is 6.92 Å². The standard InChI is InChI=1S/C2H6S2.C2H6/c1-2(3)4;1-2/h2-4H,1H3;1-2H3. The average molecular weight is 124 g/mol. The molecule has 0 atom stereocenters. The second kappa shape index (κ2) is 9.20. The van der Waals surface area contributed by atoms with Gasteiger partial charge >= 0.3 is 0 Å².